The summed E-state index contributed by atoms with van der Waals surface area (Å²) in [5, 5.41) is 126. The first kappa shape index (κ1) is 93.5. The lowest BCUT2D eigenvalue weighted by Gasteiger charge is -2.14. The highest BCUT2D eigenvalue weighted by Gasteiger charge is 2.27. The number of methoxy groups -OCH3 is 2. The number of hydrogen-bond acceptors (Lipinski definition) is 35. The van der Waals surface area contributed by atoms with Crippen LogP contribution in [0.15, 0.2) is 334 Å². The molecule has 43 nitrogen and oxygen atoms in total. The zero-order chi connectivity index (χ0) is 98.4. The van der Waals surface area contributed by atoms with Gasteiger partial charge >= 0.3 is 5.97 Å². The van der Waals surface area contributed by atoms with Gasteiger partial charge in [-0.25, -0.2) is 49.5 Å². The number of para-hydroxylation sites is 1. The highest BCUT2D eigenvalue weighted by Crippen LogP contribution is 2.46. The lowest BCUT2D eigenvalue weighted by Crippen LogP contribution is -2.13. The number of carbonyl (C=O) groups is 7. The molecule has 3 amide bonds. The van der Waals surface area contributed by atoms with Gasteiger partial charge < -0.3 is 56.1 Å². The second-order valence-corrected chi connectivity index (χ2v) is 29.4. The monoisotopic (exact) mass is 1880 g/mol. The number of hydrogen-bond donors (Lipinski definition) is 9. The van der Waals surface area contributed by atoms with Crippen molar-refractivity contribution in [3.05, 3.63) is 354 Å². The SMILES string of the molecule is COc1cc(CO)ccc1NC(=O)c1cc2ccccc2c(N=Nc2c(C=O)cnn2-c2ncccn2)c1O.O=Cc1cnn(-c2ncccn2)c1N=Nc1c(O)c(C(=O)Nc2ccc(CO)cc2)cc2ccccc12.O=Cc1cnn(-c2ncccn2)c1N=Nc1c(O)c(C(=O)Nc2ccccc2)cc2ccccc12.[C-]#[N+]c1cnn(-c2ncccn2)c1N=Nc1c(O)c(C(=O)OC)cc2ccccc12. The number of ether oxygens (including phenoxy) is 2. The van der Waals surface area contributed by atoms with Gasteiger partial charge in [0.25, 0.3) is 47.2 Å². The number of esters is 1. The molecule has 692 valence electrons. The van der Waals surface area contributed by atoms with Crippen LogP contribution in [0.25, 0.3) is 71.7 Å². The van der Waals surface area contributed by atoms with Gasteiger partial charge in [0.15, 0.2) is 65.1 Å². The molecule has 141 heavy (non-hydrogen) atoms. The molecular weight excluding hydrogens is 1810 g/mol. The van der Waals surface area contributed by atoms with Crippen molar-refractivity contribution in [1.82, 2.24) is 79.0 Å². The molecule has 8 heterocycles. The molecule has 11 aromatic carbocycles. The van der Waals surface area contributed by atoms with Gasteiger partial charge in [0, 0.05) is 82.5 Å². The molecule has 8 aromatic heterocycles. The molecular formula is C98H70N28O15. The van der Waals surface area contributed by atoms with Crippen LogP contribution < -0.4 is 20.7 Å². The minimum Gasteiger partial charge on any atom is -0.505 e. The van der Waals surface area contributed by atoms with Crippen molar-refractivity contribution in [1.29, 1.82) is 0 Å². The van der Waals surface area contributed by atoms with E-state index >= 15 is 0 Å². The van der Waals surface area contributed by atoms with Crippen LogP contribution in [0, 0.1) is 6.57 Å². The number of azo groups is 4. The number of aromatic nitrogens is 16. The minimum atomic E-state index is -0.709. The number of benzene rings is 11. The number of aliphatic hydroxyl groups is 2. The summed E-state index contributed by atoms with van der Waals surface area (Å²) in [7, 11) is 2.66. The van der Waals surface area contributed by atoms with Crippen molar-refractivity contribution in [2.75, 3.05) is 30.2 Å². The van der Waals surface area contributed by atoms with E-state index in [0.717, 1.165) is 0 Å². The van der Waals surface area contributed by atoms with Gasteiger partial charge in [-0.3, -0.25) is 28.8 Å². The van der Waals surface area contributed by atoms with Gasteiger partial charge in [0.05, 0.1) is 97.9 Å². The van der Waals surface area contributed by atoms with E-state index in [9.17, 15) is 64.2 Å². The molecule has 0 radical (unpaired) electrons. The third-order valence-electron chi connectivity index (χ3n) is 20.7. The van der Waals surface area contributed by atoms with Crippen LogP contribution in [-0.2, 0) is 18.0 Å². The fourth-order valence-electron chi connectivity index (χ4n) is 13.9. The molecule has 19 rings (SSSR count). The molecule has 0 aliphatic heterocycles. The summed E-state index contributed by atoms with van der Waals surface area (Å²) in [6.45, 7) is 7.05. The third-order valence-corrected chi connectivity index (χ3v) is 20.7. The highest BCUT2D eigenvalue weighted by atomic mass is 16.5. The van der Waals surface area contributed by atoms with Crippen molar-refractivity contribution in [3.63, 3.8) is 0 Å². The van der Waals surface area contributed by atoms with Crippen LogP contribution in [0.5, 0.6) is 28.7 Å². The third kappa shape index (κ3) is 20.6. The largest absolute Gasteiger partial charge is 0.505 e. The predicted octanol–water partition coefficient (Wildman–Crippen LogP) is 18.3. The maximum atomic E-state index is 13.3. The van der Waals surface area contributed by atoms with Crippen LogP contribution in [-0.4, -0.2) is 166 Å². The van der Waals surface area contributed by atoms with E-state index in [4.69, 9.17) is 16.0 Å². The smallest absolute Gasteiger partial charge is 0.341 e. The van der Waals surface area contributed by atoms with Crippen LogP contribution in [0.1, 0.15) is 83.6 Å². The average molecular weight is 1880 g/mol. The number of phenolic OH excluding ortho intramolecular Hbond substituents is 4. The summed E-state index contributed by atoms with van der Waals surface area (Å²) in [5.41, 5.74) is 3.34. The first-order valence-corrected chi connectivity index (χ1v) is 41.8. The Balaban J connectivity index is 0.000000136. The Morgan fingerprint density at radius 1 is 0.362 bits per heavy atom. The van der Waals surface area contributed by atoms with Gasteiger partial charge in [0.1, 0.15) is 34.1 Å². The number of aromatic hydroxyl groups is 4. The normalized spacial score (nSPS) is 11.1. The molecule has 0 unspecified atom stereocenters. The lowest BCUT2D eigenvalue weighted by molar-refractivity contribution is 0.0596. The van der Waals surface area contributed by atoms with Crippen molar-refractivity contribution in [2.24, 2.45) is 40.9 Å². The minimum absolute atomic E-state index is 0.0134. The van der Waals surface area contributed by atoms with E-state index in [0.29, 0.717) is 95.9 Å². The molecule has 0 saturated carbocycles. The number of amides is 3. The molecule has 0 aliphatic rings. The molecule has 43 heteroatoms. The standard InChI is InChI=1S/C27H21N7O5.C26H19N7O4.C25H17N7O3.C20H13N7O3/c1-39-22-11-16(14-35)7-8-21(22)31-26(38)20-12-17-5-2-3-6-19(17)23(24(20)37)32-33-25-18(15-36)13-30-34(25)27-28-9-4-10-29-27;34-14-16-6-8-19(9-7-16)30-25(37)21-12-17-4-1-2-5-20(17)22(23(21)36)31-32-24-18(15-35)13-29-33(24)26-27-10-3-11-28-26;33-15-17-14-28-32(25-26-11-6-12-27-25)23(17)31-30-21-19-10-5-4-7-16(19)13-20(22(21)34)24(35)29-18-8-2-1-3-9-18;1-21-15-11-24-27(20-22-8-5-9-23-20)18(15)26-25-16-13-7-4-3-6-12(13)10-14(17(16)28)19(29)30-2/h2-13,15,35,37H,14H2,1H3,(H,31,38);1-13,15,34,36H,14H2,(H,30,37);1-15,34H,(H,29,35);3-11,28H,2H3. The molecule has 19 aromatic rings. The Hall–Kier alpha value is -20.7. The van der Waals surface area contributed by atoms with Gasteiger partial charge in [-0.1, -0.05) is 133 Å². The quantitative estimate of drug-likeness (QED) is 0.0111. The predicted molar refractivity (Wildman–Crippen MR) is 511 cm³/mol. The van der Waals surface area contributed by atoms with E-state index in [1.165, 1.54) is 119 Å². The Labute approximate surface area is 794 Å². The molecule has 0 spiro atoms. The Kier molecular flexibility index (Phi) is 28.8. The van der Waals surface area contributed by atoms with Crippen LogP contribution >= 0.6 is 0 Å². The molecule has 0 saturated heterocycles. The number of aliphatic hydroxyl groups excluding tert-OH is 2. The van der Waals surface area contributed by atoms with Gasteiger partial charge in [0.2, 0.25) is 0 Å². The van der Waals surface area contributed by atoms with Gasteiger partial charge in [-0.15, -0.1) is 40.9 Å². The van der Waals surface area contributed by atoms with Crippen LogP contribution in [0.2, 0.25) is 0 Å². The van der Waals surface area contributed by atoms with Crippen molar-refractivity contribution >= 4 is 154 Å². The summed E-state index contributed by atoms with van der Waals surface area (Å²) in [6.07, 6.45) is 19.2. The van der Waals surface area contributed by atoms with Crippen LogP contribution in [0.3, 0.4) is 0 Å². The lowest BCUT2D eigenvalue weighted by atomic mass is 10.0. The van der Waals surface area contributed by atoms with E-state index in [1.54, 1.807) is 194 Å². The summed E-state index contributed by atoms with van der Waals surface area (Å²) in [6, 6.07) is 61.4. The average Bonchev–Trinajstić information content (AvgIpc) is 1.21. The summed E-state index contributed by atoms with van der Waals surface area (Å²) >= 11 is 0. The molecule has 0 bridgehead atoms. The number of phenols is 4. The fourth-order valence-corrected chi connectivity index (χ4v) is 13.9. The van der Waals surface area contributed by atoms with E-state index in [-0.39, 0.29) is 145 Å². The second-order valence-electron chi connectivity index (χ2n) is 29.4. The maximum absolute atomic E-state index is 13.3. The number of fused-ring (bicyclic) bond motifs is 4. The molecule has 0 atom stereocenters. The summed E-state index contributed by atoms with van der Waals surface area (Å²) in [5.74, 6) is -2.58. The van der Waals surface area contributed by atoms with Crippen molar-refractivity contribution in [3.8, 4) is 52.5 Å². The van der Waals surface area contributed by atoms with Crippen molar-refractivity contribution in [2.45, 2.75) is 13.2 Å². The second kappa shape index (κ2) is 43.3. The number of aldehydes is 3. The number of anilines is 3. The Morgan fingerprint density at radius 3 is 1.02 bits per heavy atom. The molecule has 0 fully saturated rings. The van der Waals surface area contributed by atoms with Crippen LogP contribution in [0.4, 0.5) is 68.8 Å². The first-order chi connectivity index (χ1) is 68.9. The van der Waals surface area contributed by atoms with Crippen molar-refractivity contribution < 1.29 is 73.7 Å². The number of carbonyl (C=O) groups excluding carboxylic acids is 7. The summed E-state index contributed by atoms with van der Waals surface area (Å²) < 4.78 is 15.1. The first-order valence-electron chi connectivity index (χ1n) is 41.8. The topological polar surface area (TPSA) is 573 Å². The number of nitrogens with zero attached hydrogens (tertiary/aromatic N) is 25. The van der Waals surface area contributed by atoms with E-state index in [1.807, 2.05) is 12.1 Å². The number of rotatable bonds is 25. The zero-order valence-corrected chi connectivity index (χ0v) is 73.4. The Morgan fingerprint density at radius 2 is 0.674 bits per heavy atom. The van der Waals surface area contributed by atoms with Gasteiger partial charge in [-0.05, 0) is 118 Å². The summed E-state index contributed by atoms with van der Waals surface area (Å²) in [4.78, 5) is 123. The molecule has 0 aliphatic carbocycles. The highest BCUT2D eigenvalue weighted by molar-refractivity contribution is 6.15. The zero-order valence-electron chi connectivity index (χ0n) is 73.4. The van der Waals surface area contributed by atoms with E-state index in [2.05, 4.69) is 122 Å². The number of nitrogens with one attached hydrogen (secondary N) is 3. The Bertz CT molecular complexity index is 8130. The van der Waals surface area contributed by atoms with Gasteiger partial charge in [-0.2, -0.15) is 39.1 Å². The maximum Gasteiger partial charge on any atom is 0.341 e. The fraction of sp³-hybridized carbons (Fsp3) is 0.0408. The van der Waals surface area contributed by atoms with E-state index < -0.39 is 29.4 Å². The molecule has 9 N–H and O–H groups in total.